The molecule has 0 spiro atoms. The number of nitrogens with one attached hydrogen (secondary N) is 1. The average Bonchev–Trinajstić information content (AvgIpc) is 3.03. The fraction of sp³-hybridized carbons (Fsp3) is 0.667. The summed E-state index contributed by atoms with van der Waals surface area (Å²) in [5.41, 5.74) is 3.09. The fourth-order valence-corrected chi connectivity index (χ4v) is 3.66. The standard InChI is InChI=1S/C18H27NO/c1-18(2,3)19-12-14-7-5-8-15(14)16-9-4-6-13-10-11-20-17(13)16/h4,6,9,14-15,19H,5,7-8,10-12H2,1-3H3. The van der Waals surface area contributed by atoms with Crippen LogP contribution in [-0.2, 0) is 6.42 Å². The van der Waals surface area contributed by atoms with Crippen molar-refractivity contribution in [2.24, 2.45) is 5.92 Å². The van der Waals surface area contributed by atoms with Gasteiger partial charge in [-0.3, -0.25) is 0 Å². The molecule has 1 saturated carbocycles. The summed E-state index contributed by atoms with van der Waals surface area (Å²) in [6, 6.07) is 6.74. The number of benzene rings is 1. The van der Waals surface area contributed by atoms with Crippen LogP contribution in [0, 0.1) is 5.92 Å². The smallest absolute Gasteiger partial charge is 0.126 e. The van der Waals surface area contributed by atoms with Gasteiger partial charge in [-0.15, -0.1) is 0 Å². The first-order valence-corrected chi connectivity index (χ1v) is 8.04. The third-order valence-electron chi connectivity index (χ3n) is 4.70. The number of rotatable bonds is 3. The summed E-state index contributed by atoms with van der Waals surface area (Å²) in [5, 5.41) is 3.69. The summed E-state index contributed by atoms with van der Waals surface area (Å²) in [6.07, 6.45) is 5.10. The third-order valence-corrected chi connectivity index (χ3v) is 4.70. The maximum atomic E-state index is 5.92. The van der Waals surface area contributed by atoms with Gasteiger partial charge in [-0.05, 0) is 63.1 Å². The molecule has 1 aliphatic carbocycles. The van der Waals surface area contributed by atoms with Crippen LogP contribution in [0.15, 0.2) is 18.2 Å². The Morgan fingerprint density at radius 3 is 2.90 bits per heavy atom. The SMILES string of the molecule is CC(C)(C)NCC1CCCC1c1cccc2c1OCC2. The molecule has 2 atom stereocenters. The third kappa shape index (κ3) is 2.85. The van der Waals surface area contributed by atoms with E-state index in [-0.39, 0.29) is 5.54 Å². The predicted octanol–water partition coefficient (Wildman–Crippen LogP) is 3.89. The second-order valence-electron chi connectivity index (χ2n) is 7.36. The zero-order chi connectivity index (χ0) is 14.2. The Balaban J connectivity index is 1.77. The first-order chi connectivity index (χ1) is 9.54. The van der Waals surface area contributed by atoms with Gasteiger partial charge in [0.2, 0.25) is 0 Å². The molecule has 3 rings (SSSR count). The van der Waals surface area contributed by atoms with Crippen LogP contribution in [0.3, 0.4) is 0 Å². The van der Waals surface area contributed by atoms with Crippen molar-refractivity contribution >= 4 is 0 Å². The Morgan fingerprint density at radius 2 is 2.10 bits per heavy atom. The van der Waals surface area contributed by atoms with E-state index in [1.165, 1.54) is 36.1 Å². The van der Waals surface area contributed by atoms with Gasteiger partial charge >= 0.3 is 0 Å². The van der Waals surface area contributed by atoms with Crippen LogP contribution < -0.4 is 10.1 Å². The molecule has 2 aliphatic rings. The highest BCUT2D eigenvalue weighted by molar-refractivity contribution is 5.46. The Bertz CT molecular complexity index is 475. The second kappa shape index (κ2) is 5.40. The molecule has 0 amide bonds. The normalized spacial score (nSPS) is 25.6. The van der Waals surface area contributed by atoms with E-state index in [9.17, 15) is 0 Å². The highest BCUT2D eigenvalue weighted by Gasteiger charge is 2.32. The van der Waals surface area contributed by atoms with Crippen LogP contribution in [0.2, 0.25) is 0 Å². The molecule has 1 aliphatic heterocycles. The van der Waals surface area contributed by atoms with Crippen LogP contribution in [0.25, 0.3) is 0 Å². The van der Waals surface area contributed by atoms with E-state index in [1.807, 2.05) is 0 Å². The molecule has 0 radical (unpaired) electrons. The van der Waals surface area contributed by atoms with Crippen LogP contribution in [0.4, 0.5) is 0 Å². The zero-order valence-electron chi connectivity index (χ0n) is 13.0. The molecule has 2 heteroatoms. The van der Waals surface area contributed by atoms with Crippen LogP contribution in [0.5, 0.6) is 5.75 Å². The fourth-order valence-electron chi connectivity index (χ4n) is 3.66. The number of para-hydroxylation sites is 1. The minimum absolute atomic E-state index is 0.211. The molecule has 1 aromatic rings. The molecule has 1 N–H and O–H groups in total. The van der Waals surface area contributed by atoms with E-state index >= 15 is 0 Å². The van der Waals surface area contributed by atoms with Crippen molar-refractivity contribution < 1.29 is 4.74 Å². The molecule has 1 fully saturated rings. The molecule has 0 bridgehead atoms. The van der Waals surface area contributed by atoms with Crippen molar-refractivity contribution in [3.05, 3.63) is 29.3 Å². The van der Waals surface area contributed by atoms with Gasteiger partial charge in [0.05, 0.1) is 6.61 Å². The lowest BCUT2D eigenvalue weighted by Crippen LogP contribution is -2.39. The molecule has 2 unspecified atom stereocenters. The number of ether oxygens (including phenoxy) is 1. The van der Waals surface area contributed by atoms with E-state index in [0.717, 1.165) is 25.5 Å². The van der Waals surface area contributed by atoms with Gasteiger partial charge in [0.15, 0.2) is 0 Å². The minimum atomic E-state index is 0.211. The van der Waals surface area contributed by atoms with Gasteiger partial charge < -0.3 is 10.1 Å². The lowest BCUT2D eigenvalue weighted by molar-refractivity contribution is 0.335. The quantitative estimate of drug-likeness (QED) is 0.902. The average molecular weight is 273 g/mol. The van der Waals surface area contributed by atoms with E-state index in [1.54, 1.807) is 0 Å². The molecule has 1 aromatic carbocycles. The summed E-state index contributed by atoms with van der Waals surface area (Å²) in [7, 11) is 0. The Morgan fingerprint density at radius 1 is 1.25 bits per heavy atom. The van der Waals surface area contributed by atoms with E-state index in [0.29, 0.717) is 5.92 Å². The van der Waals surface area contributed by atoms with Gasteiger partial charge in [0.1, 0.15) is 5.75 Å². The van der Waals surface area contributed by atoms with E-state index in [2.05, 4.69) is 44.3 Å². The van der Waals surface area contributed by atoms with Crippen molar-refractivity contribution in [2.45, 2.75) is 57.9 Å². The lowest BCUT2D eigenvalue weighted by atomic mass is 9.86. The summed E-state index contributed by atoms with van der Waals surface area (Å²) >= 11 is 0. The topological polar surface area (TPSA) is 21.3 Å². The summed E-state index contributed by atoms with van der Waals surface area (Å²) in [5.74, 6) is 2.64. The number of hydrogen-bond acceptors (Lipinski definition) is 2. The predicted molar refractivity (Wildman–Crippen MR) is 83.5 cm³/mol. The van der Waals surface area contributed by atoms with Gasteiger partial charge in [-0.2, -0.15) is 0 Å². The first-order valence-electron chi connectivity index (χ1n) is 8.04. The van der Waals surface area contributed by atoms with Crippen molar-refractivity contribution in [1.82, 2.24) is 5.32 Å². The molecule has 110 valence electrons. The number of fused-ring (bicyclic) bond motifs is 1. The summed E-state index contributed by atoms with van der Waals surface area (Å²) in [6.45, 7) is 8.74. The largest absolute Gasteiger partial charge is 0.493 e. The van der Waals surface area contributed by atoms with Crippen molar-refractivity contribution in [3.8, 4) is 5.75 Å². The molecule has 0 aromatic heterocycles. The highest BCUT2D eigenvalue weighted by atomic mass is 16.5. The summed E-state index contributed by atoms with van der Waals surface area (Å²) < 4.78 is 5.92. The van der Waals surface area contributed by atoms with Crippen molar-refractivity contribution in [3.63, 3.8) is 0 Å². The molecular formula is C18H27NO. The molecule has 1 heterocycles. The molecule has 20 heavy (non-hydrogen) atoms. The Kier molecular flexibility index (Phi) is 3.76. The molecule has 0 saturated heterocycles. The minimum Gasteiger partial charge on any atom is -0.493 e. The van der Waals surface area contributed by atoms with Crippen LogP contribution in [0.1, 0.15) is 57.1 Å². The molecular weight excluding hydrogens is 246 g/mol. The number of hydrogen-bond donors (Lipinski definition) is 1. The Hall–Kier alpha value is -1.02. The zero-order valence-corrected chi connectivity index (χ0v) is 13.0. The van der Waals surface area contributed by atoms with E-state index in [4.69, 9.17) is 4.74 Å². The van der Waals surface area contributed by atoms with Crippen LogP contribution >= 0.6 is 0 Å². The van der Waals surface area contributed by atoms with Gasteiger partial charge in [0.25, 0.3) is 0 Å². The molecule has 2 nitrogen and oxygen atoms in total. The van der Waals surface area contributed by atoms with Gasteiger partial charge in [-0.25, -0.2) is 0 Å². The van der Waals surface area contributed by atoms with Crippen LogP contribution in [-0.4, -0.2) is 18.7 Å². The maximum Gasteiger partial charge on any atom is 0.126 e. The Labute approximate surface area is 122 Å². The summed E-state index contributed by atoms with van der Waals surface area (Å²) in [4.78, 5) is 0. The lowest BCUT2D eigenvalue weighted by Gasteiger charge is -2.27. The van der Waals surface area contributed by atoms with Crippen molar-refractivity contribution in [2.75, 3.05) is 13.2 Å². The monoisotopic (exact) mass is 273 g/mol. The van der Waals surface area contributed by atoms with Crippen molar-refractivity contribution in [1.29, 1.82) is 0 Å². The van der Waals surface area contributed by atoms with E-state index < -0.39 is 0 Å². The van der Waals surface area contributed by atoms with Gasteiger partial charge in [-0.1, -0.05) is 24.6 Å². The highest BCUT2D eigenvalue weighted by Crippen LogP contribution is 2.45. The first kappa shape index (κ1) is 13.9. The van der Waals surface area contributed by atoms with Gasteiger partial charge in [0, 0.05) is 12.0 Å². The second-order valence-corrected chi connectivity index (χ2v) is 7.36. The maximum absolute atomic E-state index is 5.92.